The van der Waals surface area contributed by atoms with E-state index >= 15 is 0 Å². The number of nitrogens with zero attached hydrogens (tertiary/aromatic N) is 3. The highest BCUT2D eigenvalue weighted by atomic mass is 16.2. The van der Waals surface area contributed by atoms with Crippen LogP contribution in [-0.4, -0.2) is 39.7 Å². The van der Waals surface area contributed by atoms with Crippen LogP contribution in [0.2, 0.25) is 0 Å². The Balaban J connectivity index is 1.38. The molecule has 0 atom stereocenters. The molecule has 0 spiro atoms. The molecule has 0 saturated heterocycles. The molecule has 1 aromatic carbocycles. The third-order valence-corrected chi connectivity index (χ3v) is 3.84. The Hall–Kier alpha value is -2.74. The van der Waals surface area contributed by atoms with Crippen molar-refractivity contribution in [2.75, 3.05) is 18.4 Å². The van der Waals surface area contributed by atoms with Gasteiger partial charge in [-0.25, -0.2) is 9.67 Å². The van der Waals surface area contributed by atoms with E-state index in [-0.39, 0.29) is 30.9 Å². The van der Waals surface area contributed by atoms with Crippen molar-refractivity contribution >= 4 is 17.8 Å². The van der Waals surface area contributed by atoms with Crippen LogP contribution in [0, 0.1) is 5.92 Å². The number of hydrogen-bond acceptors (Lipinski definition) is 5. The molecule has 0 aliphatic heterocycles. The van der Waals surface area contributed by atoms with Gasteiger partial charge in [-0.15, -0.1) is 5.10 Å². The molecule has 1 aliphatic carbocycles. The maximum Gasteiger partial charge on any atom is 0.248 e. The molecule has 2 aromatic rings. The van der Waals surface area contributed by atoms with E-state index in [1.807, 2.05) is 30.3 Å². The first-order valence-corrected chi connectivity index (χ1v) is 8.39. The van der Waals surface area contributed by atoms with Crippen LogP contribution in [0.25, 0.3) is 0 Å². The van der Waals surface area contributed by atoms with Crippen LogP contribution < -0.4 is 16.0 Å². The first-order chi connectivity index (χ1) is 12.2. The van der Waals surface area contributed by atoms with Gasteiger partial charge < -0.3 is 10.6 Å². The number of rotatable bonds is 9. The zero-order chi connectivity index (χ0) is 17.5. The summed E-state index contributed by atoms with van der Waals surface area (Å²) in [6.07, 6.45) is 3.91. The van der Waals surface area contributed by atoms with E-state index in [0.717, 1.165) is 18.0 Å². The van der Waals surface area contributed by atoms with Crippen molar-refractivity contribution in [2.45, 2.75) is 25.9 Å². The van der Waals surface area contributed by atoms with Crippen molar-refractivity contribution in [1.29, 1.82) is 0 Å². The summed E-state index contributed by atoms with van der Waals surface area (Å²) in [5, 5.41) is 12.6. The largest absolute Gasteiger partial charge is 0.350 e. The smallest absolute Gasteiger partial charge is 0.248 e. The van der Waals surface area contributed by atoms with Gasteiger partial charge in [0.1, 0.15) is 12.9 Å². The molecule has 8 heteroatoms. The number of nitrogens with one attached hydrogen (secondary N) is 3. The Bertz CT molecular complexity index is 711. The van der Waals surface area contributed by atoms with Crippen LogP contribution in [0.1, 0.15) is 18.4 Å². The van der Waals surface area contributed by atoms with Crippen molar-refractivity contribution in [3.05, 3.63) is 42.2 Å². The van der Waals surface area contributed by atoms with E-state index in [1.54, 1.807) is 0 Å². The predicted octanol–water partition coefficient (Wildman–Crippen LogP) is 0.533. The van der Waals surface area contributed by atoms with Gasteiger partial charge in [0.15, 0.2) is 0 Å². The molecule has 1 aliphatic rings. The molecule has 25 heavy (non-hydrogen) atoms. The van der Waals surface area contributed by atoms with E-state index in [2.05, 4.69) is 26.0 Å². The summed E-state index contributed by atoms with van der Waals surface area (Å²) in [6, 6.07) is 9.67. The van der Waals surface area contributed by atoms with E-state index < -0.39 is 0 Å². The zero-order valence-corrected chi connectivity index (χ0v) is 13.9. The van der Waals surface area contributed by atoms with E-state index in [4.69, 9.17) is 0 Å². The molecule has 8 nitrogen and oxygen atoms in total. The maximum atomic E-state index is 11.9. The minimum absolute atomic E-state index is 0.0512. The number of aromatic nitrogens is 3. The van der Waals surface area contributed by atoms with Crippen LogP contribution in [-0.2, 0) is 22.7 Å². The van der Waals surface area contributed by atoms with Gasteiger partial charge in [0, 0.05) is 6.54 Å². The summed E-state index contributed by atoms with van der Waals surface area (Å²) in [5.41, 5.74) is 1.03. The second kappa shape index (κ2) is 8.39. The van der Waals surface area contributed by atoms with Crippen molar-refractivity contribution < 1.29 is 9.59 Å². The van der Waals surface area contributed by atoms with Crippen LogP contribution in [0.4, 0.5) is 5.95 Å². The van der Waals surface area contributed by atoms with Crippen LogP contribution >= 0.6 is 0 Å². The van der Waals surface area contributed by atoms with E-state index in [0.29, 0.717) is 6.54 Å². The van der Waals surface area contributed by atoms with Gasteiger partial charge in [-0.2, -0.15) is 0 Å². The van der Waals surface area contributed by atoms with Gasteiger partial charge >= 0.3 is 0 Å². The molecular formula is C17H22N6O2. The highest BCUT2D eigenvalue weighted by molar-refractivity contribution is 5.90. The maximum absolute atomic E-state index is 11.9. The average Bonchev–Trinajstić information content (AvgIpc) is 3.33. The number of hydrogen-bond donors (Lipinski definition) is 3. The van der Waals surface area contributed by atoms with Crippen molar-refractivity contribution in [2.24, 2.45) is 5.92 Å². The second-order valence-corrected chi connectivity index (χ2v) is 6.15. The fourth-order valence-electron chi connectivity index (χ4n) is 2.31. The molecule has 0 unspecified atom stereocenters. The molecule has 3 rings (SSSR count). The molecule has 2 amide bonds. The van der Waals surface area contributed by atoms with Gasteiger partial charge in [-0.05, 0) is 30.9 Å². The third kappa shape index (κ3) is 6.00. The molecule has 0 bridgehead atoms. The molecule has 1 fully saturated rings. The van der Waals surface area contributed by atoms with E-state index in [9.17, 15) is 9.59 Å². The minimum Gasteiger partial charge on any atom is -0.350 e. The number of benzene rings is 1. The number of carbonyl (C=O) groups is 2. The summed E-state index contributed by atoms with van der Waals surface area (Å²) in [7, 11) is 0. The Morgan fingerprint density at radius 1 is 1.16 bits per heavy atom. The lowest BCUT2D eigenvalue weighted by Gasteiger charge is -2.05. The highest BCUT2D eigenvalue weighted by Crippen LogP contribution is 2.27. The summed E-state index contributed by atoms with van der Waals surface area (Å²) < 4.78 is 1.40. The Labute approximate surface area is 146 Å². The van der Waals surface area contributed by atoms with Crippen molar-refractivity contribution in [1.82, 2.24) is 25.4 Å². The normalized spacial score (nSPS) is 13.4. The third-order valence-electron chi connectivity index (χ3n) is 3.84. The fourth-order valence-corrected chi connectivity index (χ4v) is 2.31. The number of amides is 2. The Kier molecular flexibility index (Phi) is 5.73. The lowest BCUT2D eigenvalue weighted by Crippen LogP contribution is -2.30. The quantitative estimate of drug-likeness (QED) is 0.617. The topological polar surface area (TPSA) is 101 Å². The molecule has 132 valence electrons. The SMILES string of the molecule is O=C(Cn1cnc(NC(=O)CNCC2CC2)n1)NCc1ccccc1. The molecule has 0 radical (unpaired) electrons. The second-order valence-electron chi connectivity index (χ2n) is 6.15. The predicted molar refractivity (Wildman–Crippen MR) is 92.5 cm³/mol. The molecule has 1 heterocycles. The average molecular weight is 342 g/mol. The molecule has 1 aromatic heterocycles. The van der Waals surface area contributed by atoms with Crippen molar-refractivity contribution in [3.8, 4) is 0 Å². The van der Waals surface area contributed by atoms with Crippen molar-refractivity contribution in [3.63, 3.8) is 0 Å². The van der Waals surface area contributed by atoms with Gasteiger partial charge in [0.25, 0.3) is 0 Å². The lowest BCUT2D eigenvalue weighted by atomic mass is 10.2. The van der Waals surface area contributed by atoms with Crippen LogP contribution in [0.15, 0.2) is 36.7 Å². The van der Waals surface area contributed by atoms with E-state index in [1.165, 1.54) is 23.9 Å². The van der Waals surface area contributed by atoms with Crippen LogP contribution in [0.5, 0.6) is 0 Å². The monoisotopic (exact) mass is 342 g/mol. The number of anilines is 1. The fraction of sp³-hybridized carbons (Fsp3) is 0.412. The minimum atomic E-state index is -0.188. The van der Waals surface area contributed by atoms with Gasteiger partial charge in [-0.1, -0.05) is 30.3 Å². The number of carbonyl (C=O) groups excluding carboxylic acids is 2. The first-order valence-electron chi connectivity index (χ1n) is 8.39. The summed E-state index contributed by atoms with van der Waals surface area (Å²) in [5.74, 6) is 0.568. The Morgan fingerprint density at radius 2 is 1.96 bits per heavy atom. The summed E-state index contributed by atoms with van der Waals surface area (Å²) in [6.45, 7) is 1.62. The molecule has 1 saturated carbocycles. The lowest BCUT2D eigenvalue weighted by molar-refractivity contribution is -0.122. The Morgan fingerprint density at radius 3 is 2.72 bits per heavy atom. The highest BCUT2D eigenvalue weighted by Gasteiger charge is 2.20. The molecule has 3 N–H and O–H groups in total. The zero-order valence-electron chi connectivity index (χ0n) is 13.9. The first kappa shape index (κ1) is 17.1. The van der Waals surface area contributed by atoms with Gasteiger partial charge in [0.05, 0.1) is 6.54 Å². The van der Waals surface area contributed by atoms with Crippen LogP contribution in [0.3, 0.4) is 0 Å². The summed E-state index contributed by atoms with van der Waals surface area (Å²) >= 11 is 0. The standard InChI is InChI=1S/C17H22N6O2/c24-15(10-18-8-14-6-7-14)21-17-20-12-23(22-17)11-16(25)19-9-13-4-2-1-3-5-13/h1-5,12,14,18H,6-11H2,(H,19,25)(H,21,22,24). The van der Waals surface area contributed by atoms with Gasteiger partial charge in [0.2, 0.25) is 17.8 Å². The van der Waals surface area contributed by atoms with Gasteiger partial charge in [-0.3, -0.25) is 14.9 Å². The summed E-state index contributed by atoms with van der Waals surface area (Å²) in [4.78, 5) is 27.7. The molecular weight excluding hydrogens is 320 g/mol.